The van der Waals surface area contributed by atoms with E-state index in [2.05, 4.69) is 4.90 Å². The van der Waals surface area contributed by atoms with Gasteiger partial charge >= 0.3 is 0 Å². The molecule has 1 unspecified atom stereocenters. The lowest BCUT2D eigenvalue weighted by molar-refractivity contribution is 0.148. The van der Waals surface area contributed by atoms with E-state index in [0.717, 1.165) is 11.3 Å². The third-order valence-electron chi connectivity index (χ3n) is 4.73. The average molecular weight is 371 g/mol. The fourth-order valence-electron chi connectivity index (χ4n) is 3.10. The van der Waals surface area contributed by atoms with Gasteiger partial charge in [-0.15, -0.1) is 0 Å². The van der Waals surface area contributed by atoms with Crippen molar-refractivity contribution in [1.29, 1.82) is 5.26 Å². The number of methoxy groups -OCH3 is 1. The van der Waals surface area contributed by atoms with E-state index in [-0.39, 0.29) is 10.9 Å². The molecule has 6 nitrogen and oxygen atoms in total. The lowest BCUT2D eigenvalue weighted by Crippen LogP contribution is -2.48. The van der Waals surface area contributed by atoms with Crippen LogP contribution in [0.25, 0.3) is 0 Å². The quantitative estimate of drug-likeness (QED) is 0.824. The summed E-state index contributed by atoms with van der Waals surface area (Å²) < 4.78 is 32.7. The highest BCUT2D eigenvalue weighted by Crippen LogP contribution is 2.29. The molecule has 0 aliphatic carbocycles. The van der Waals surface area contributed by atoms with Crippen LogP contribution in [0.4, 0.5) is 0 Å². The molecular weight excluding hydrogens is 350 g/mol. The van der Waals surface area contributed by atoms with Gasteiger partial charge in [-0.25, -0.2) is 8.42 Å². The first-order valence-electron chi connectivity index (χ1n) is 8.30. The van der Waals surface area contributed by atoms with Crippen molar-refractivity contribution in [2.45, 2.75) is 10.9 Å². The zero-order valence-electron chi connectivity index (χ0n) is 14.8. The van der Waals surface area contributed by atoms with Crippen LogP contribution in [0.5, 0.6) is 5.75 Å². The maximum atomic E-state index is 13.0. The Morgan fingerprint density at radius 1 is 1.08 bits per heavy atom. The molecule has 0 saturated carbocycles. The summed E-state index contributed by atoms with van der Waals surface area (Å²) in [4.78, 5) is 2.38. The van der Waals surface area contributed by atoms with E-state index in [1.807, 2.05) is 37.4 Å². The van der Waals surface area contributed by atoms with Crippen molar-refractivity contribution in [3.8, 4) is 11.8 Å². The minimum atomic E-state index is -3.59. The number of ether oxygens (including phenoxy) is 1. The van der Waals surface area contributed by atoms with Gasteiger partial charge in [-0.3, -0.25) is 4.90 Å². The minimum Gasteiger partial charge on any atom is -0.497 e. The molecule has 0 amide bonds. The van der Waals surface area contributed by atoms with Gasteiger partial charge < -0.3 is 4.74 Å². The number of piperazine rings is 1. The second-order valence-electron chi connectivity index (χ2n) is 6.27. The van der Waals surface area contributed by atoms with E-state index in [1.165, 1.54) is 28.6 Å². The van der Waals surface area contributed by atoms with Crippen molar-refractivity contribution in [2.75, 3.05) is 33.8 Å². The number of sulfonamides is 1. The summed E-state index contributed by atoms with van der Waals surface area (Å²) in [6, 6.07) is 15.7. The molecule has 0 N–H and O–H groups in total. The van der Waals surface area contributed by atoms with Crippen LogP contribution in [0.3, 0.4) is 0 Å². The average Bonchev–Trinajstić information content (AvgIpc) is 2.68. The molecule has 0 bridgehead atoms. The Hall–Kier alpha value is -2.40. The number of benzene rings is 2. The summed E-state index contributed by atoms with van der Waals surface area (Å²) in [5.74, 6) is 0.772. The standard InChI is InChI=1S/C19H21N3O3S/c1-21-11-12-22(14-19(21)16-5-7-17(25-2)8-6-16)26(23,24)18-9-3-15(13-20)4-10-18/h3-10,19H,11-12,14H2,1-2H3. The first kappa shape index (κ1) is 18.4. The molecule has 1 aliphatic rings. The summed E-state index contributed by atoms with van der Waals surface area (Å²) in [5.41, 5.74) is 1.49. The zero-order chi connectivity index (χ0) is 18.7. The SMILES string of the molecule is COc1ccc(C2CN(S(=O)(=O)c3ccc(C#N)cc3)CCN2C)cc1. The Bertz CT molecular complexity index is 903. The molecule has 0 radical (unpaired) electrons. The van der Waals surface area contributed by atoms with Crippen LogP contribution in [0, 0.1) is 11.3 Å². The highest BCUT2D eigenvalue weighted by molar-refractivity contribution is 7.89. The first-order valence-corrected chi connectivity index (χ1v) is 9.74. The molecule has 0 spiro atoms. The summed E-state index contributed by atoms with van der Waals surface area (Å²) in [5, 5.41) is 8.88. The number of nitriles is 1. The van der Waals surface area contributed by atoms with Crippen molar-refractivity contribution in [2.24, 2.45) is 0 Å². The largest absolute Gasteiger partial charge is 0.497 e. The summed E-state index contributed by atoms with van der Waals surface area (Å²) in [6.45, 7) is 1.46. The molecular formula is C19H21N3O3S. The zero-order valence-corrected chi connectivity index (χ0v) is 15.6. The van der Waals surface area contributed by atoms with Crippen LogP contribution in [0.15, 0.2) is 53.4 Å². The molecule has 1 heterocycles. The molecule has 1 saturated heterocycles. The Balaban J connectivity index is 1.85. The fourth-order valence-corrected chi connectivity index (χ4v) is 4.54. The van der Waals surface area contributed by atoms with Crippen molar-refractivity contribution < 1.29 is 13.2 Å². The third kappa shape index (κ3) is 3.58. The predicted molar refractivity (Wildman–Crippen MR) is 98.3 cm³/mol. The minimum absolute atomic E-state index is 0.0252. The van der Waals surface area contributed by atoms with Crippen molar-refractivity contribution >= 4 is 10.0 Å². The Morgan fingerprint density at radius 2 is 1.73 bits per heavy atom. The van der Waals surface area contributed by atoms with Gasteiger partial charge in [-0.1, -0.05) is 12.1 Å². The molecule has 7 heteroatoms. The summed E-state index contributed by atoms with van der Waals surface area (Å²) >= 11 is 0. The topological polar surface area (TPSA) is 73.6 Å². The molecule has 1 aliphatic heterocycles. The highest BCUT2D eigenvalue weighted by Gasteiger charge is 2.33. The van der Waals surface area contributed by atoms with Crippen LogP contribution >= 0.6 is 0 Å². The monoisotopic (exact) mass is 371 g/mol. The summed E-state index contributed by atoms with van der Waals surface area (Å²) in [6.07, 6.45) is 0. The Kier molecular flexibility index (Phi) is 5.28. The van der Waals surface area contributed by atoms with E-state index in [9.17, 15) is 8.42 Å². The number of hydrogen-bond donors (Lipinski definition) is 0. The van der Waals surface area contributed by atoms with E-state index in [1.54, 1.807) is 7.11 Å². The maximum absolute atomic E-state index is 13.0. The third-order valence-corrected chi connectivity index (χ3v) is 6.61. The van der Waals surface area contributed by atoms with Crippen LogP contribution in [-0.2, 0) is 10.0 Å². The summed E-state index contributed by atoms with van der Waals surface area (Å²) in [7, 11) is 0.0276. The highest BCUT2D eigenvalue weighted by atomic mass is 32.2. The predicted octanol–water partition coefficient (Wildman–Crippen LogP) is 2.24. The normalized spacial score (nSPS) is 19.0. The lowest BCUT2D eigenvalue weighted by Gasteiger charge is -2.39. The molecule has 136 valence electrons. The number of likely N-dealkylation sites (N-methyl/N-ethyl adjacent to an activating group) is 1. The number of nitrogens with zero attached hydrogens (tertiary/aromatic N) is 3. The van der Waals surface area contributed by atoms with E-state index in [4.69, 9.17) is 10.00 Å². The van der Waals surface area contributed by atoms with E-state index < -0.39 is 10.0 Å². The van der Waals surface area contributed by atoms with Crippen LogP contribution in [0.2, 0.25) is 0 Å². The van der Waals surface area contributed by atoms with Gasteiger partial charge in [0.1, 0.15) is 5.75 Å². The fraction of sp³-hybridized carbons (Fsp3) is 0.316. The van der Waals surface area contributed by atoms with Gasteiger partial charge in [0.05, 0.1) is 23.6 Å². The van der Waals surface area contributed by atoms with Gasteiger partial charge in [-0.05, 0) is 49.0 Å². The van der Waals surface area contributed by atoms with E-state index in [0.29, 0.717) is 25.2 Å². The van der Waals surface area contributed by atoms with Crippen molar-refractivity contribution in [1.82, 2.24) is 9.21 Å². The van der Waals surface area contributed by atoms with Gasteiger partial charge in [-0.2, -0.15) is 9.57 Å². The second kappa shape index (κ2) is 7.46. The number of rotatable bonds is 4. The smallest absolute Gasteiger partial charge is 0.243 e. The number of hydrogen-bond acceptors (Lipinski definition) is 5. The molecule has 1 fully saturated rings. The van der Waals surface area contributed by atoms with Crippen LogP contribution < -0.4 is 4.74 Å². The Labute approximate surface area is 154 Å². The molecule has 26 heavy (non-hydrogen) atoms. The molecule has 0 aromatic heterocycles. The maximum Gasteiger partial charge on any atom is 0.243 e. The Morgan fingerprint density at radius 3 is 2.31 bits per heavy atom. The second-order valence-corrected chi connectivity index (χ2v) is 8.21. The molecule has 2 aromatic carbocycles. The molecule has 3 rings (SSSR count). The van der Waals surface area contributed by atoms with Crippen LogP contribution in [-0.4, -0.2) is 51.4 Å². The van der Waals surface area contributed by atoms with Crippen molar-refractivity contribution in [3.05, 3.63) is 59.7 Å². The van der Waals surface area contributed by atoms with Crippen molar-refractivity contribution in [3.63, 3.8) is 0 Å². The van der Waals surface area contributed by atoms with E-state index >= 15 is 0 Å². The van der Waals surface area contributed by atoms with Gasteiger partial charge in [0, 0.05) is 25.7 Å². The molecule has 2 aromatic rings. The van der Waals surface area contributed by atoms with Gasteiger partial charge in [0.2, 0.25) is 10.0 Å². The lowest BCUT2D eigenvalue weighted by atomic mass is 10.0. The van der Waals surface area contributed by atoms with Gasteiger partial charge in [0.15, 0.2) is 0 Å². The van der Waals surface area contributed by atoms with Crippen LogP contribution in [0.1, 0.15) is 17.2 Å². The first-order chi connectivity index (χ1) is 12.5. The van der Waals surface area contributed by atoms with Gasteiger partial charge in [0.25, 0.3) is 0 Å². The molecule has 1 atom stereocenters.